The highest BCUT2D eigenvalue weighted by atomic mass is 16.5. The minimum absolute atomic E-state index is 0.704. The molecule has 0 amide bonds. The second-order valence-corrected chi connectivity index (χ2v) is 15.2. The SMILES string of the molecule is CC(C)(O)c1ccc2ccccc2c1-c1ccc2c(c1)Oc1cc(-c3c(C(C)(C)O)ccc4ccccc34)ccc1N2c1ccccc1-c1ccccc1. The molecule has 4 nitrogen and oxygen atoms in total. The number of rotatable bonds is 6. The average Bonchev–Trinajstić information content (AvgIpc) is 3.18. The summed E-state index contributed by atoms with van der Waals surface area (Å²) >= 11 is 0. The van der Waals surface area contributed by atoms with Crippen molar-refractivity contribution in [1.29, 1.82) is 0 Å². The maximum atomic E-state index is 11.4. The summed E-state index contributed by atoms with van der Waals surface area (Å²) in [5.41, 5.74) is 8.49. The summed E-state index contributed by atoms with van der Waals surface area (Å²) < 4.78 is 7.01. The Morgan fingerprint density at radius 1 is 0.426 bits per heavy atom. The molecule has 0 aromatic heterocycles. The highest BCUT2D eigenvalue weighted by molar-refractivity contribution is 6.02. The Morgan fingerprint density at radius 2 is 0.889 bits per heavy atom. The Bertz CT molecular complexity index is 2570. The Morgan fingerprint density at radius 3 is 1.41 bits per heavy atom. The molecule has 0 unspecified atom stereocenters. The lowest BCUT2D eigenvalue weighted by atomic mass is 9.85. The zero-order chi connectivity index (χ0) is 37.2. The van der Waals surface area contributed by atoms with E-state index in [-0.39, 0.29) is 0 Å². The lowest BCUT2D eigenvalue weighted by molar-refractivity contribution is 0.0787. The Labute approximate surface area is 316 Å². The van der Waals surface area contributed by atoms with E-state index in [1.165, 1.54) is 0 Å². The fraction of sp³-hybridized carbons (Fsp3) is 0.120. The first kappa shape index (κ1) is 33.6. The predicted octanol–water partition coefficient (Wildman–Crippen LogP) is 13.0. The molecule has 0 radical (unpaired) electrons. The highest BCUT2D eigenvalue weighted by Crippen LogP contribution is 2.55. The monoisotopic (exact) mass is 703 g/mol. The molecule has 9 rings (SSSR count). The van der Waals surface area contributed by atoms with Crippen LogP contribution in [0.2, 0.25) is 0 Å². The lowest BCUT2D eigenvalue weighted by Gasteiger charge is -2.35. The quantitative estimate of drug-likeness (QED) is 0.181. The van der Waals surface area contributed by atoms with E-state index in [0.717, 1.165) is 83.1 Å². The van der Waals surface area contributed by atoms with E-state index in [9.17, 15) is 10.2 Å². The van der Waals surface area contributed by atoms with E-state index < -0.39 is 11.2 Å². The van der Waals surface area contributed by atoms with Crippen molar-refractivity contribution in [3.8, 4) is 44.9 Å². The van der Waals surface area contributed by atoms with Crippen LogP contribution in [0.4, 0.5) is 17.1 Å². The van der Waals surface area contributed by atoms with Crippen LogP contribution in [0.3, 0.4) is 0 Å². The van der Waals surface area contributed by atoms with Crippen LogP contribution in [-0.4, -0.2) is 10.2 Å². The lowest BCUT2D eigenvalue weighted by Crippen LogP contribution is -2.18. The van der Waals surface area contributed by atoms with Crippen LogP contribution >= 0.6 is 0 Å². The van der Waals surface area contributed by atoms with Crippen LogP contribution in [0, 0.1) is 0 Å². The molecule has 0 fully saturated rings. The third kappa shape index (κ3) is 5.72. The van der Waals surface area contributed by atoms with Crippen LogP contribution in [0.1, 0.15) is 38.8 Å². The molecule has 0 bridgehead atoms. The van der Waals surface area contributed by atoms with E-state index in [1.807, 2.05) is 70.2 Å². The molecule has 1 aliphatic heterocycles. The normalized spacial score (nSPS) is 12.7. The minimum Gasteiger partial charge on any atom is -0.453 e. The van der Waals surface area contributed by atoms with Gasteiger partial charge in [-0.15, -0.1) is 0 Å². The molecular weight excluding hydrogens is 663 g/mol. The van der Waals surface area contributed by atoms with Gasteiger partial charge >= 0.3 is 0 Å². The fourth-order valence-corrected chi connectivity index (χ4v) is 8.10. The first-order chi connectivity index (χ1) is 26.1. The molecule has 0 saturated carbocycles. The molecule has 0 atom stereocenters. The van der Waals surface area contributed by atoms with E-state index in [4.69, 9.17) is 4.74 Å². The van der Waals surface area contributed by atoms with Gasteiger partial charge in [-0.05, 0) is 119 Å². The molecule has 4 heteroatoms. The molecule has 8 aromatic carbocycles. The third-order valence-electron chi connectivity index (χ3n) is 10.6. The van der Waals surface area contributed by atoms with Gasteiger partial charge in [0.15, 0.2) is 11.5 Å². The van der Waals surface area contributed by atoms with Crippen molar-refractivity contribution in [3.05, 3.63) is 175 Å². The van der Waals surface area contributed by atoms with Crippen LogP contribution in [0.5, 0.6) is 11.5 Å². The second-order valence-electron chi connectivity index (χ2n) is 15.2. The van der Waals surface area contributed by atoms with E-state index in [1.54, 1.807) is 0 Å². The van der Waals surface area contributed by atoms with Gasteiger partial charge in [-0.3, -0.25) is 0 Å². The standard InChI is InChI=1S/C50H41NO3/c1-49(2,52)40-26-22-33-16-8-10-19-38(33)47(40)35-24-28-43-45(30-35)54-46-31-36(48-39-20-11-9-17-34(39)23-27-41(48)50(3,4)53)25-29-44(46)51(43)42-21-13-12-18-37(42)32-14-6-5-7-15-32/h5-31,52-53H,1-4H3. The zero-order valence-electron chi connectivity index (χ0n) is 30.8. The number of hydrogen-bond donors (Lipinski definition) is 2. The molecule has 0 aliphatic carbocycles. The molecule has 1 aliphatic rings. The zero-order valence-corrected chi connectivity index (χ0v) is 30.8. The van der Waals surface area contributed by atoms with Gasteiger partial charge in [0.1, 0.15) is 0 Å². The van der Waals surface area contributed by atoms with Crippen molar-refractivity contribution < 1.29 is 14.9 Å². The van der Waals surface area contributed by atoms with Gasteiger partial charge in [-0.25, -0.2) is 0 Å². The van der Waals surface area contributed by atoms with Gasteiger partial charge in [-0.1, -0.05) is 133 Å². The number of hydrogen-bond acceptors (Lipinski definition) is 4. The topological polar surface area (TPSA) is 52.9 Å². The Kier molecular flexibility index (Phi) is 7.93. The summed E-state index contributed by atoms with van der Waals surface area (Å²) in [6.07, 6.45) is 0. The van der Waals surface area contributed by atoms with Crippen molar-refractivity contribution in [1.82, 2.24) is 0 Å². The van der Waals surface area contributed by atoms with E-state index in [2.05, 4.69) is 126 Å². The molecule has 54 heavy (non-hydrogen) atoms. The first-order valence-electron chi connectivity index (χ1n) is 18.5. The average molecular weight is 704 g/mol. The maximum absolute atomic E-state index is 11.4. The van der Waals surface area contributed by atoms with Gasteiger partial charge in [0, 0.05) is 5.56 Å². The fourth-order valence-electron chi connectivity index (χ4n) is 8.10. The van der Waals surface area contributed by atoms with E-state index >= 15 is 0 Å². The van der Waals surface area contributed by atoms with Gasteiger partial charge in [0.05, 0.1) is 28.3 Å². The number of benzene rings is 8. The van der Waals surface area contributed by atoms with Crippen LogP contribution in [-0.2, 0) is 11.2 Å². The molecule has 2 N–H and O–H groups in total. The highest BCUT2D eigenvalue weighted by Gasteiger charge is 2.31. The van der Waals surface area contributed by atoms with E-state index in [0.29, 0.717) is 11.5 Å². The number of para-hydroxylation sites is 1. The molecule has 1 heterocycles. The summed E-state index contributed by atoms with van der Waals surface area (Å²) in [6.45, 7) is 7.35. The number of fused-ring (bicyclic) bond motifs is 4. The minimum atomic E-state index is -1.07. The molecule has 8 aromatic rings. The summed E-state index contributed by atoms with van der Waals surface area (Å²) in [5.74, 6) is 1.41. The molecule has 0 saturated heterocycles. The predicted molar refractivity (Wildman–Crippen MR) is 223 cm³/mol. The van der Waals surface area contributed by atoms with Crippen LogP contribution in [0.15, 0.2) is 164 Å². The van der Waals surface area contributed by atoms with Crippen molar-refractivity contribution in [3.63, 3.8) is 0 Å². The summed E-state index contributed by atoms with van der Waals surface area (Å²) in [7, 11) is 0. The largest absolute Gasteiger partial charge is 0.453 e. The van der Waals surface area contributed by atoms with Crippen molar-refractivity contribution >= 4 is 38.6 Å². The number of ether oxygens (including phenoxy) is 1. The van der Waals surface area contributed by atoms with Crippen molar-refractivity contribution in [2.45, 2.75) is 38.9 Å². The van der Waals surface area contributed by atoms with Gasteiger partial charge in [0.25, 0.3) is 0 Å². The first-order valence-corrected chi connectivity index (χ1v) is 18.5. The summed E-state index contributed by atoms with van der Waals surface area (Å²) in [6, 6.07) is 56.6. The second kappa shape index (κ2) is 12.7. The third-order valence-corrected chi connectivity index (χ3v) is 10.6. The van der Waals surface area contributed by atoms with Crippen LogP contribution < -0.4 is 9.64 Å². The van der Waals surface area contributed by atoms with Crippen molar-refractivity contribution in [2.75, 3.05) is 4.90 Å². The smallest absolute Gasteiger partial charge is 0.152 e. The molecule has 0 spiro atoms. The Hall–Kier alpha value is -6.20. The molecule has 264 valence electrons. The summed E-state index contributed by atoms with van der Waals surface area (Å²) in [4.78, 5) is 2.30. The van der Waals surface area contributed by atoms with Gasteiger partial charge in [-0.2, -0.15) is 0 Å². The summed E-state index contributed by atoms with van der Waals surface area (Å²) in [5, 5.41) is 27.2. The van der Waals surface area contributed by atoms with Crippen LogP contribution in [0.25, 0.3) is 54.9 Å². The van der Waals surface area contributed by atoms with Gasteiger partial charge < -0.3 is 19.8 Å². The Balaban J connectivity index is 1.30. The van der Waals surface area contributed by atoms with Gasteiger partial charge in [0.2, 0.25) is 0 Å². The molecular formula is C50H41NO3. The number of aliphatic hydroxyl groups is 2. The maximum Gasteiger partial charge on any atom is 0.152 e. The number of nitrogens with zero attached hydrogens (tertiary/aromatic N) is 1. The van der Waals surface area contributed by atoms with Crippen molar-refractivity contribution in [2.24, 2.45) is 0 Å². The number of anilines is 3.